The second-order valence-electron chi connectivity index (χ2n) is 9.49. The number of furan rings is 1. The summed E-state index contributed by atoms with van der Waals surface area (Å²) in [5.41, 5.74) is 2.05. The standard InChI is InChI=1S/C27H39N4O10P/c1-4-7-8-9-21(20(5-2)26(34)31-36)25(33)28-15-29-27(35)23-11-10-22(41-23)17-12-18(14-19(13-17)40-6-3)24(32)30-16-42(37,38)39/h10-14,20-21,36H,4-9,15-16H2,1-3H3,(H,28,33)(H,29,35)(H,30,32)(H,31,34)(H2,37,38,39)/t20-,21-/m1/s1. The molecule has 0 aliphatic rings. The van der Waals surface area contributed by atoms with E-state index >= 15 is 0 Å². The van der Waals surface area contributed by atoms with Crippen LogP contribution in [0.5, 0.6) is 5.75 Å². The fourth-order valence-corrected chi connectivity index (χ4v) is 4.66. The number of unbranched alkanes of at least 4 members (excludes halogenated alkanes) is 2. The Morgan fingerprint density at radius 1 is 0.929 bits per heavy atom. The molecule has 2 aromatic rings. The van der Waals surface area contributed by atoms with E-state index < -0.39 is 49.3 Å². The van der Waals surface area contributed by atoms with Gasteiger partial charge >= 0.3 is 7.60 Å². The lowest BCUT2D eigenvalue weighted by Gasteiger charge is -2.24. The van der Waals surface area contributed by atoms with Crippen molar-refractivity contribution in [1.82, 2.24) is 21.4 Å². The van der Waals surface area contributed by atoms with Gasteiger partial charge < -0.3 is 34.9 Å². The van der Waals surface area contributed by atoms with Gasteiger partial charge in [0.05, 0.1) is 19.2 Å². The average molecular weight is 611 g/mol. The first kappa shape index (κ1) is 34.5. The molecule has 0 spiro atoms. The molecule has 0 bridgehead atoms. The van der Waals surface area contributed by atoms with Crippen LogP contribution in [0.2, 0.25) is 0 Å². The van der Waals surface area contributed by atoms with Crippen LogP contribution in [0.4, 0.5) is 0 Å². The molecule has 2 atom stereocenters. The lowest BCUT2D eigenvalue weighted by molar-refractivity contribution is -0.140. The highest BCUT2D eigenvalue weighted by atomic mass is 31.2. The van der Waals surface area contributed by atoms with Crippen molar-refractivity contribution in [3.63, 3.8) is 0 Å². The summed E-state index contributed by atoms with van der Waals surface area (Å²) >= 11 is 0. The molecule has 0 radical (unpaired) electrons. The van der Waals surface area contributed by atoms with Gasteiger partial charge in [0.15, 0.2) is 5.76 Å². The first-order valence-corrected chi connectivity index (χ1v) is 15.4. The first-order valence-electron chi connectivity index (χ1n) is 13.6. The van der Waals surface area contributed by atoms with Crippen LogP contribution in [0, 0.1) is 11.8 Å². The highest BCUT2D eigenvalue weighted by Crippen LogP contribution is 2.33. The molecule has 0 aliphatic carbocycles. The minimum Gasteiger partial charge on any atom is -0.494 e. The smallest absolute Gasteiger partial charge is 0.344 e. The molecule has 15 heteroatoms. The largest absolute Gasteiger partial charge is 0.494 e. The summed E-state index contributed by atoms with van der Waals surface area (Å²) < 4.78 is 22.3. The van der Waals surface area contributed by atoms with E-state index in [2.05, 4.69) is 16.0 Å². The molecular formula is C27H39N4O10P. The van der Waals surface area contributed by atoms with Crippen molar-refractivity contribution in [3.05, 3.63) is 41.7 Å². The lowest BCUT2D eigenvalue weighted by atomic mass is 9.84. The maximum absolute atomic E-state index is 12.9. The number of hydrogen-bond donors (Lipinski definition) is 7. The van der Waals surface area contributed by atoms with Crippen molar-refractivity contribution < 1.29 is 47.9 Å². The van der Waals surface area contributed by atoms with Gasteiger partial charge in [-0.15, -0.1) is 0 Å². The van der Waals surface area contributed by atoms with Crippen molar-refractivity contribution >= 4 is 31.2 Å². The molecule has 2 rings (SSSR count). The molecule has 1 aromatic carbocycles. The van der Waals surface area contributed by atoms with Gasteiger partial charge in [-0.3, -0.25) is 29.0 Å². The lowest BCUT2D eigenvalue weighted by Crippen LogP contribution is -2.44. The van der Waals surface area contributed by atoms with E-state index in [-0.39, 0.29) is 30.4 Å². The molecule has 14 nitrogen and oxygen atoms in total. The number of carbonyl (C=O) groups excluding carboxylic acids is 4. The zero-order valence-corrected chi connectivity index (χ0v) is 24.7. The van der Waals surface area contributed by atoms with Crippen molar-refractivity contribution in [2.45, 2.75) is 52.9 Å². The second kappa shape index (κ2) is 16.7. The number of rotatable bonds is 17. The summed E-state index contributed by atoms with van der Waals surface area (Å²) in [4.78, 5) is 68.3. The Morgan fingerprint density at radius 3 is 2.29 bits per heavy atom. The highest BCUT2D eigenvalue weighted by Gasteiger charge is 2.32. The molecule has 232 valence electrons. The third-order valence-corrected chi connectivity index (χ3v) is 6.95. The van der Waals surface area contributed by atoms with Crippen molar-refractivity contribution in [3.8, 4) is 17.1 Å². The van der Waals surface area contributed by atoms with E-state index in [9.17, 15) is 23.7 Å². The van der Waals surface area contributed by atoms with Gasteiger partial charge in [0.2, 0.25) is 11.8 Å². The first-order chi connectivity index (χ1) is 19.9. The fourth-order valence-electron chi connectivity index (χ4n) is 4.31. The van der Waals surface area contributed by atoms with E-state index in [4.69, 9.17) is 24.1 Å². The molecule has 0 fully saturated rings. The van der Waals surface area contributed by atoms with Gasteiger partial charge in [-0.25, -0.2) is 5.48 Å². The number of nitrogens with one attached hydrogen (secondary N) is 4. The van der Waals surface area contributed by atoms with Crippen LogP contribution in [-0.4, -0.2) is 58.2 Å². The Morgan fingerprint density at radius 2 is 1.67 bits per heavy atom. The molecule has 0 saturated carbocycles. The number of benzene rings is 1. The van der Waals surface area contributed by atoms with Gasteiger partial charge in [0, 0.05) is 17.0 Å². The van der Waals surface area contributed by atoms with Crippen LogP contribution in [0.3, 0.4) is 0 Å². The van der Waals surface area contributed by atoms with Crippen molar-refractivity contribution in [2.24, 2.45) is 11.8 Å². The molecule has 0 aliphatic heterocycles. The summed E-state index contributed by atoms with van der Waals surface area (Å²) in [6.07, 6.45) is 2.49. The normalized spacial score (nSPS) is 12.6. The van der Waals surface area contributed by atoms with Crippen LogP contribution in [0.25, 0.3) is 11.3 Å². The Labute approximate surface area is 243 Å². The number of hydrogen-bond acceptors (Lipinski definition) is 8. The minimum atomic E-state index is -4.46. The van der Waals surface area contributed by atoms with E-state index in [1.807, 2.05) is 6.92 Å². The summed E-state index contributed by atoms with van der Waals surface area (Å²) in [6.45, 7) is 5.56. The summed E-state index contributed by atoms with van der Waals surface area (Å²) in [5.74, 6) is -3.43. The van der Waals surface area contributed by atoms with E-state index in [1.54, 1.807) is 25.4 Å². The van der Waals surface area contributed by atoms with Crippen LogP contribution in [0.1, 0.15) is 73.8 Å². The summed E-state index contributed by atoms with van der Waals surface area (Å²) in [6, 6.07) is 7.31. The van der Waals surface area contributed by atoms with Crippen LogP contribution in [-0.2, 0) is 14.2 Å². The Kier molecular flexibility index (Phi) is 13.7. The number of hydroxylamine groups is 1. The van der Waals surface area contributed by atoms with Crippen LogP contribution in [0.15, 0.2) is 34.7 Å². The average Bonchev–Trinajstić information content (AvgIpc) is 3.45. The molecule has 7 N–H and O–H groups in total. The third kappa shape index (κ3) is 10.6. The molecule has 0 saturated heterocycles. The molecule has 4 amide bonds. The van der Waals surface area contributed by atoms with Crippen molar-refractivity contribution in [1.29, 1.82) is 0 Å². The molecule has 42 heavy (non-hydrogen) atoms. The maximum Gasteiger partial charge on any atom is 0.344 e. The monoisotopic (exact) mass is 610 g/mol. The Hall–Kier alpha value is -3.71. The number of ether oxygens (including phenoxy) is 1. The summed E-state index contributed by atoms with van der Waals surface area (Å²) in [7, 11) is -4.46. The summed E-state index contributed by atoms with van der Waals surface area (Å²) in [5, 5.41) is 16.4. The molecule has 1 aromatic heterocycles. The van der Waals surface area contributed by atoms with Gasteiger partial charge in [-0.1, -0.05) is 33.1 Å². The number of carbonyl (C=O) groups is 4. The minimum absolute atomic E-state index is 0.0586. The van der Waals surface area contributed by atoms with Gasteiger partial charge in [0.1, 0.15) is 17.8 Å². The number of amides is 4. The van der Waals surface area contributed by atoms with Gasteiger partial charge in [-0.05, 0) is 50.1 Å². The quantitative estimate of drug-likeness (QED) is 0.0457. The zero-order valence-electron chi connectivity index (χ0n) is 23.8. The van der Waals surface area contributed by atoms with Crippen LogP contribution < -0.4 is 26.2 Å². The van der Waals surface area contributed by atoms with E-state index in [0.717, 1.165) is 19.3 Å². The predicted octanol–water partition coefficient (Wildman–Crippen LogP) is 2.74. The fraction of sp³-hybridized carbons (Fsp3) is 0.481. The van der Waals surface area contributed by atoms with E-state index in [0.29, 0.717) is 24.2 Å². The SMILES string of the molecule is CCCCC[C@@H](C(=O)NCNC(=O)c1ccc(-c2cc(OCC)cc(C(=O)NCP(=O)(O)O)c2)o1)[C@@H](CC)C(=O)NO. The topological polar surface area (TPSA) is 217 Å². The molecule has 1 heterocycles. The molecule has 0 unspecified atom stereocenters. The molecular weight excluding hydrogens is 571 g/mol. The Balaban J connectivity index is 2.11. The predicted molar refractivity (Wildman–Crippen MR) is 152 cm³/mol. The third-order valence-electron chi connectivity index (χ3n) is 6.38. The maximum atomic E-state index is 12.9. The highest BCUT2D eigenvalue weighted by molar-refractivity contribution is 7.51. The van der Waals surface area contributed by atoms with Crippen molar-refractivity contribution in [2.75, 3.05) is 19.6 Å². The van der Waals surface area contributed by atoms with Crippen LogP contribution >= 0.6 is 7.60 Å². The second-order valence-corrected chi connectivity index (χ2v) is 11.1. The van der Waals surface area contributed by atoms with E-state index in [1.165, 1.54) is 24.3 Å². The zero-order chi connectivity index (χ0) is 31.3. The van der Waals surface area contributed by atoms with Gasteiger partial charge in [0.25, 0.3) is 11.8 Å². The van der Waals surface area contributed by atoms with Gasteiger partial charge in [-0.2, -0.15) is 0 Å². The Bertz CT molecular complexity index is 1280.